The third-order valence-electron chi connectivity index (χ3n) is 3.50. The van der Waals surface area contributed by atoms with Gasteiger partial charge in [-0.2, -0.15) is 0 Å². The zero-order valence-corrected chi connectivity index (χ0v) is 13.1. The Labute approximate surface area is 140 Å². The van der Waals surface area contributed by atoms with Gasteiger partial charge in [-0.25, -0.2) is 4.98 Å². The standard InChI is InChI=1S/C20H17NO3/c22-20(23)10-4-6-15-5-3-8-18(13-15)24-14-17-12-11-16-7-1-2-9-19(16)21-17/h1-9,11-13H,10,14H2,(H,22,23)/b6-4+. The lowest BCUT2D eigenvalue weighted by molar-refractivity contribution is -0.135. The minimum atomic E-state index is -0.846. The fourth-order valence-corrected chi connectivity index (χ4v) is 2.35. The van der Waals surface area contributed by atoms with Crippen LogP contribution in [-0.2, 0) is 11.4 Å². The number of carboxylic acid groups (broad SMARTS) is 1. The first-order valence-corrected chi connectivity index (χ1v) is 7.66. The van der Waals surface area contributed by atoms with Gasteiger partial charge >= 0.3 is 5.97 Å². The van der Waals surface area contributed by atoms with E-state index < -0.39 is 5.97 Å². The Balaban J connectivity index is 1.67. The molecule has 0 amide bonds. The summed E-state index contributed by atoms with van der Waals surface area (Å²) in [6.45, 7) is 0.382. The average molecular weight is 319 g/mol. The number of carboxylic acids is 1. The third-order valence-corrected chi connectivity index (χ3v) is 3.50. The number of benzene rings is 2. The molecule has 0 spiro atoms. The van der Waals surface area contributed by atoms with E-state index in [2.05, 4.69) is 4.98 Å². The maximum absolute atomic E-state index is 10.5. The van der Waals surface area contributed by atoms with Crippen LogP contribution < -0.4 is 4.74 Å². The summed E-state index contributed by atoms with van der Waals surface area (Å²) in [5.74, 6) is -0.122. The van der Waals surface area contributed by atoms with E-state index in [0.717, 1.165) is 27.9 Å². The summed E-state index contributed by atoms with van der Waals surface area (Å²) in [7, 11) is 0. The average Bonchev–Trinajstić information content (AvgIpc) is 2.60. The molecule has 0 unspecified atom stereocenters. The molecule has 0 bridgehead atoms. The molecule has 0 aliphatic carbocycles. The van der Waals surface area contributed by atoms with Crippen molar-refractivity contribution in [3.8, 4) is 5.75 Å². The molecule has 1 aromatic heterocycles. The van der Waals surface area contributed by atoms with Crippen molar-refractivity contribution in [3.63, 3.8) is 0 Å². The van der Waals surface area contributed by atoms with Gasteiger partial charge in [0.05, 0.1) is 17.6 Å². The maximum atomic E-state index is 10.5. The first-order valence-electron chi connectivity index (χ1n) is 7.66. The molecule has 0 atom stereocenters. The Morgan fingerprint density at radius 2 is 1.96 bits per heavy atom. The van der Waals surface area contributed by atoms with Crippen molar-refractivity contribution in [1.29, 1.82) is 0 Å². The second kappa shape index (κ2) is 7.42. The smallest absolute Gasteiger partial charge is 0.307 e. The summed E-state index contributed by atoms with van der Waals surface area (Å²) in [6, 6.07) is 19.5. The summed E-state index contributed by atoms with van der Waals surface area (Å²) in [4.78, 5) is 15.1. The van der Waals surface area contributed by atoms with Crippen LogP contribution in [0.4, 0.5) is 0 Å². The minimum Gasteiger partial charge on any atom is -0.487 e. The number of fused-ring (bicyclic) bond motifs is 1. The Morgan fingerprint density at radius 3 is 2.83 bits per heavy atom. The number of hydrogen-bond donors (Lipinski definition) is 1. The molecule has 0 aliphatic rings. The van der Waals surface area contributed by atoms with Crippen LogP contribution in [0.15, 0.2) is 66.7 Å². The van der Waals surface area contributed by atoms with Crippen molar-refractivity contribution in [3.05, 3.63) is 78.0 Å². The summed E-state index contributed by atoms with van der Waals surface area (Å²) in [5.41, 5.74) is 2.71. The number of aromatic nitrogens is 1. The Kier molecular flexibility index (Phi) is 4.87. The molecule has 120 valence electrons. The Morgan fingerprint density at radius 1 is 1.08 bits per heavy atom. The zero-order chi connectivity index (χ0) is 16.8. The van der Waals surface area contributed by atoms with Crippen molar-refractivity contribution < 1.29 is 14.6 Å². The van der Waals surface area contributed by atoms with E-state index in [1.54, 1.807) is 12.2 Å². The molecule has 0 saturated heterocycles. The molecular formula is C20H17NO3. The first kappa shape index (κ1) is 15.7. The van der Waals surface area contributed by atoms with E-state index in [1.807, 2.05) is 60.7 Å². The van der Waals surface area contributed by atoms with E-state index in [1.165, 1.54) is 0 Å². The maximum Gasteiger partial charge on any atom is 0.307 e. The van der Waals surface area contributed by atoms with Gasteiger partial charge in [0, 0.05) is 5.39 Å². The second-order valence-corrected chi connectivity index (χ2v) is 5.36. The summed E-state index contributed by atoms with van der Waals surface area (Å²) >= 11 is 0. The van der Waals surface area contributed by atoms with E-state index in [4.69, 9.17) is 9.84 Å². The van der Waals surface area contributed by atoms with Crippen molar-refractivity contribution in [2.24, 2.45) is 0 Å². The van der Waals surface area contributed by atoms with Crippen LogP contribution in [0.3, 0.4) is 0 Å². The SMILES string of the molecule is O=C(O)C/C=C/c1cccc(OCc2ccc3ccccc3n2)c1. The molecule has 0 fully saturated rings. The van der Waals surface area contributed by atoms with Gasteiger partial charge in [-0.05, 0) is 29.8 Å². The number of pyridine rings is 1. The van der Waals surface area contributed by atoms with Gasteiger partial charge in [0.15, 0.2) is 0 Å². The van der Waals surface area contributed by atoms with Gasteiger partial charge < -0.3 is 9.84 Å². The van der Waals surface area contributed by atoms with Crippen LogP contribution in [0.1, 0.15) is 17.7 Å². The normalized spacial score (nSPS) is 11.0. The number of carbonyl (C=O) groups is 1. The fourth-order valence-electron chi connectivity index (χ4n) is 2.35. The minimum absolute atomic E-state index is 0.00605. The number of ether oxygens (including phenoxy) is 1. The van der Waals surface area contributed by atoms with Crippen LogP contribution in [0.25, 0.3) is 17.0 Å². The Bertz CT molecular complexity index is 887. The van der Waals surface area contributed by atoms with Crippen LogP contribution in [0, 0.1) is 0 Å². The van der Waals surface area contributed by atoms with E-state index in [9.17, 15) is 4.79 Å². The predicted octanol–water partition coefficient (Wildman–Crippen LogP) is 4.30. The summed E-state index contributed by atoms with van der Waals surface area (Å²) in [6.07, 6.45) is 3.40. The van der Waals surface area contributed by atoms with Crippen LogP contribution >= 0.6 is 0 Å². The molecule has 4 heteroatoms. The van der Waals surface area contributed by atoms with Crippen LogP contribution in [0.5, 0.6) is 5.75 Å². The molecule has 0 aliphatic heterocycles. The monoisotopic (exact) mass is 319 g/mol. The predicted molar refractivity (Wildman–Crippen MR) is 93.8 cm³/mol. The van der Waals surface area contributed by atoms with Gasteiger partial charge in [-0.15, -0.1) is 0 Å². The van der Waals surface area contributed by atoms with Gasteiger partial charge in [-0.3, -0.25) is 4.79 Å². The van der Waals surface area contributed by atoms with Crippen molar-refractivity contribution in [2.75, 3.05) is 0 Å². The number of nitrogens with zero attached hydrogens (tertiary/aromatic N) is 1. The largest absolute Gasteiger partial charge is 0.487 e. The number of aliphatic carboxylic acids is 1. The van der Waals surface area contributed by atoms with Crippen molar-refractivity contribution in [1.82, 2.24) is 4.98 Å². The van der Waals surface area contributed by atoms with Crippen LogP contribution in [0.2, 0.25) is 0 Å². The highest BCUT2D eigenvalue weighted by atomic mass is 16.5. The Hall–Kier alpha value is -3.14. The molecule has 3 rings (SSSR count). The second-order valence-electron chi connectivity index (χ2n) is 5.36. The number of para-hydroxylation sites is 1. The fraction of sp³-hybridized carbons (Fsp3) is 0.100. The van der Waals surface area contributed by atoms with Crippen molar-refractivity contribution >= 4 is 22.9 Å². The lowest BCUT2D eigenvalue weighted by Crippen LogP contribution is -1.98. The summed E-state index contributed by atoms with van der Waals surface area (Å²) < 4.78 is 5.80. The molecule has 0 saturated carbocycles. The van der Waals surface area contributed by atoms with Crippen molar-refractivity contribution in [2.45, 2.75) is 13.0 Å². The van der Waals surface area contributed by atoms with E-state index in [0.29, 0.717) is 6.61 Å². The van der Waals surface area contributed by atoms with Gasteiger partial charge in [-0.1, -0.05) is 48.6 Å². The molecule has 2 aromatic carbocycles. The molecule has 24 heavy (non-hydrogen) atoms. The lowest BCUT2D eigenvalue weighted by Gasteiger charge is -2.07. The van der Waals surface area contributed by atoms with Gasteiger partial charge in [0.2, 0.25) is 0 Å². The van der Waals surface area contributed by atoms with Gasteiger partial charge in [0.25, 0.3) is 0 Å². The quantitative estimate of drug-likeness (QED) is 0.736. The molecular weight excluding hydrogens is 302 g/mol. The summed E-state index contributed by atoms with van der Waals surface area (Å²) in [5, 5.41) is 9.75. The molecule has 3 aromatic rings. The van der Waals surface area contributed by atoms with E-state index >= 15 is 0 Å². The topological polar surface area (TPSA) is 59.4 Å². The molecule has 4 nitrogen and oxygen atoms in total. The van der Waals surface area contributed by atoms with E-state index in [-0.39, 0.29) is 6.42 Å². The molecule has 1 heterocycles. The highest BCUT2D eigenvalue weighted by Gasteiger charge is 2.00. The van der Waals surface area contributed by atoms with Crippen LogP contribution in [-0.4, -0.2) is 16.1 Å². The highest BCUT2D eigenvalue weighted by molar-refractivity contribution is 5.78. The van der Waals surface area contributed by atoms with Gasteiger partial charge in [0.1, 0.15) is 12.4 Å². The number of hydrogen-bond acceptors (Lipinski definition) is 3. The first-order chi connectivity index (χ1) is 11.7. The molecule has 0 radical (unpaired) electrons. The zero-order valence-electron chi connectivity index (χ0n) is 13.1. The highest BCUT2D eigenvalue weighted by Crippen LogP contribution is 2.17. The third kappa shape index (κ3) is 4.20. The lowest BCUT2D eigenvalue weighted by atomic mass is 10.2. The number of rotatable bonds is 6. The molecule has 1 N–H and O–H groups in total.